The van der Waals surface area contributed by atoms with Gasteiger partial charge in [-0.25, -0.2) is 0 Å². The van der Waals surface area contributed by atoms with Crippen LogP contribution in [0, 0.1) is 0 Å². The Morgan fingerprint density at radius 3 is 2.72 bits per heavy atom. The third kappa shape index (κ3) is 2.82. The van der Waals surface area contributed by atoms with Gasteiger partial charge >= 0.3 is 0 Å². The molecule has 1 N–H and O–H groups in total. The lowest BCUT2D eigenvalue weighted by atomic mass is 9.95. The highest BCUT2D eigenvalue weighted by Crippen LogP contribution is 2.30. The fourth-order valence-electron chi connectivity index (χ4n) is 2.08. The third-order valence-electron chi connectivity index (χ3n) is 2.99. The van der Waals surface area contributed by atoms with Crippen molar-refractivity contribution in [2.75, 3.05) is 5.32 Å². The molecule has 0 unspecified atom stereocenters. The van der Waals surface area contributed by atoms with Crippen LogP contribution in [0.5, 0.6) is 0 Å². The molecule has 2 nitrogen and oxygen atoms in total. The number of rotatable bonds is 3. The molecule has 1 aliphatic carbocycles. The lowest BCUT2D eigenvalue weighted by Gasteiger charge is -2.17. The van der Waals surface area contributed by atoms with Crippen molar-refractivity contribution in [2.45, 2.75) is 26.2 Å². The second-order valence-electron chi connectivity index (χ2n) is 4.22. The van der Waals surface area contributed by atoms with Crippen LogP contribution in [0.3, 0.4) is 0 Å². The number of carbonyl (C=O) groups is 1. The van der Waals surface area contributed by atoms with E-state index in [1.165, 1.54) is 0 Å². The number of carbonyl (C=O) groups excluding carboxylic acids is 1. The molecule has 1 aliphatic rings. The normalized spacial score (nSPS) is 15.3. The van der Waals surface area contributed by atoms with Crippen molar-refractivity contribution in [1.29, 1.82) is 0 Å². The van der Waals surface area contributed by atoms with Gasteiger partial charge in [0.15, 0.2) is 0 Å². The molecule has 1 amide bonds. The Labute approximate surface area is 112 Å². The summed E-state index contributed by atoms with van der Waals surface area (Å²) in [4.78, 5) is 12.3. The Balaban J connectivity index is 2.20. The lowest BCUT2D eigenvalue weighted by Crippen LogP contribution is -2.18. The molecule has 1 aromatic rings. The Bertz CT molecular complexity index is 502. The van der Waals surface area contributed by atoms with E-state index >= 15 is 0 Å². The minimum Gasteiger partial charge on any atom is -0.322 e. The van der Waals surface area contributed by atoms with Crippen LogP contribution in [-0.4, -0.2) is 5.91 Å². The van der Waals surface area contributed by atoms with E-state index in [2.05, 4.69) is 11.4 Å². The van der Waals surface area contributed by atoms with Crippen molar-refractivity contribution in [3.05, 3.63) is 52.6 Å². The number of hydrogen-bond donors (Lipinski definition) is 1. The van der Waals surface area contributed by atoms with Gasteiger partial charge in [0.25, 0.3) is 5.91 Å². The zero-order valence-corrected chi connectivity index (χ0v) is 11.1. The van der Waals surface area contributed by atoms with Crippen molar-refractivity contribution >= 4 is 23.2 Å². The van der Waals surface area contributed by atoms with Crippen molar-refractivity contribution in [3.8, 4) is 0 Å². The van der Waals surface area contributed by atoms with Gasteiger partial charge in [-0.1, -0.05) is 42.8 Å². The quantitative estimate of drug-likeness (QED) is 0.866. The van der Waals surface area contributed by atoms with E-state index in [1.807, 2.05) is 37.3 Å². The Hall–Kier alpha value is -1.54. The highest BCUT2D eigenvalue weighted by molar-refractivity contribution is 6.33. The fourth-order valence-corrected chi connectivity index (χ4v) is 2.40. The van der Waals surface area contributed by atoms with E-state index in [0.29, 0.717) is 10.6 Å². The van der Waals surface area contributed by atoms with Gasteiger partial charge in [0.05, 0.1) is 5.57 Å². The lowest BCUT2D eigenvalue weighted by molar-refractivity contribution is -0.112. The molecule has 2 rings (SSSR count). The summed E-state index contributed by atoms with van der Waals surface area (Å²) >= 11 is 6.20. The maximum Gasteiger partial charge on any atom is 0.257 e. The highest BCUT2D eigenvalue weighted by atomic mass is 35.5. The Morgan fingerprint density at radius 1 is 1.33 bits per heavy atom. The summed E-state index contributed by atoms with van der Waals surface area (Å²) in [5.41, 5.74) is 2.48. The van der Waals surface area contributed by atoms with Crippen molar-refractivity contribution < 1.29 is 4.79 Å². The molecule has 0 saturated heterocycles. The van der Waals surface area contributed by atoms with Crippen LogP contribution >= 0.6 is 11.6 Å². The first kappa shape index (κ1) is 12.9. The van der Waals surface area contributed by atoms with Crippen LogP contribution in [0.25, 0.3) is 0 Å². The number of hydrogen-bond acceptors (Lipinski definition) is 1. The first-order valence-corrected chi connectivity index (χ1v) is 6.54. The highest BCUT2D eigenvalue weighted by Gasteiger charge is 2.20. The van der Waals surface area contributed by atoms with E-state index in [1.54, 1.807) is 0 Å². The summed E-state index contributed by atoms with van der Waals surface area (Å²) in [6.45, 7) is 2.04. The molecule has 0 atom stereocenters. The topological polar surface area (TPSA) is 29.1 Å². The second-order valence-corrected chi connectivity index (χ2v) is 4.68. The van der Waals surface area contributed by atoms with Gasteiger partial charge in [-0.15, -0.1) is 0 Å². The molecule has 0 fully saturated rings. The number of allylic oxidation sites excluding steroid dienone is 2. The summed E-state index contributed by atoms with van der Waals surface area (Å²) in [7, 11) is 0. The molecule has 0 saturated carbocycles. The van der Waals surface area contributed by atoms with E-state index < -0.39 is 0 Å². The molecule has 0 aromatic heterocycles. The average molecular weight is 262 g/mol. The number of amides is 1. The molecular formula is C15H16ClNO. The van der Waals surface area contributed by atoms with Crippen LogP contribution in [-0.2, 0) is 4.79 Å². The molecule has 0 aliphatic heterocycles. The van der Waals surface area contributed by atoms with Gasteiger partial charge in [-0.2, -0.15) is 0 Å². The number of para-hydroxylation sites is 1. The van der Waals surface area contributed by atoms with E-state index in [-0.39, 0.29) is 5.91 Å². The van der Waals surface area contributed by atoms with Crippen molar-refractivity contribution in [3.63, 3.8) is 0 Å². The maximum atomic E-state index is 12.3. The maximum absolute atomic E-state index is 12.3. The largest absolute Gasteiger partial charge is 0.322 e. The molecular weight excluding hydrogens is 246 g/mol. The molecule has 0 bridgehead atoms. The monoisotopic (exact) mass is 261 g/mol. The first-order chi connectivity index (χ1) is 8.72. The standard InChI is InChI=1S/C15H16ClNO/c1-2-11-7-6-10-13(16)14(11)15(18)17-12-8-4-3-5-9-12/h3-5,7-9H,2,6,10H2,1H3,(H,17,18). The zero-order chi connectivity index (χ0) is 13.0. The van der Waals surface area contributed by atoms with Gasteiger partial charge in [0, 0.05) is 10.7 Å². The van der Waals surface area contributed by atoms with Gasteiger partial charge < -0.3 is 5.32 Å². The Kier molecular flexibility index (Phi) is 4.21. The first-order valence-electron chi connectivity index (χ1n) is 6.16. The third-order valence-corrected chi connectivity index (χ3v) is 3.36. The molecule has 0 spiro atoms. The molecule has 94 valence electrons. The van der Waals surface area contributed by atoms with Gasteiger partial charge in [0.1, 0.15) is 0 Å². The Morgan fingerprint density at radius 2 is 2.06 bits per heavy atom. The van der Waals surface area contributed by atoms with Crippen LogP contribution in [0.15, 0.2) is 52.6 Å². The molecule has 0 heterocycles. The predicted octanol–water partition coefficient (Wildman–Crippen LogP) is 4.25. The molecule has 18 heavy (non-hydrogen) atoms. The van der Waals surface area contributed by atoms with Crippen LogP contribution < -0.4 is 5.32 Å². The summed E-state index contributed by atoms with van der Waals surface area (Å²) in [6.07, 6.45) is 4.60. The minimum absolute atomic E-state index is 0.112. The van der Waals surface area contributed by atoms with Crippen LogP contribution in [0.4, 0.5) is 5.69 Å². The van der Waals surface area contributed by atoms with E-state index in [4.69, 9.17) is 11.6 Å². The fraction of sp³-hybridized carbons (Fsp3) is 0.267. The van der Waals surface area contributed by atoms with E-state index in [9.17, 15) is 4.79 Å². The summed E-state index contributed by atoms with van der Waals surface area (Å²) in [6, 6.07) is 9.43. The van der Waals surface area contributed by atoms with Gasteiger partial charge in [0.2, 0.25) is 0 Å². The number of nitrogens with one attached hydrogen (secondary N) is 1. The number of anilines is 1. The number of benzene rings is 1. The van der Waals surface area contributed by atoms with Crippen molar-refractivity contribution in [2.24, 2.45) is 0 Å². The molecule has 0 radical (unpaired) electrons. The predicted molar refractivity (Wildman–Crippen MR) is 75.6 cm³/mol. The smallest absolute Gasteiger partial charge is 0.257 e. The van der Waals surface area contributed by atoms with Crippen LogP contribution in [0.2, 0.25) is 0 Å². The van der Waals surface area contributed by atoms with Crippen LogP contribution in [0.1, 0.15) is 26.2 Å². The molecule has 3 heteroatoms. The zero-order valence-electron chi connectivity index (χ0n) is 10.4. The summed E-state index contributed by atoms with van der Waals surface area (Å²) in [5.74, 6) is -0.112. The molecule has 1 aromatic carbocycles. The van der Waals surface area contributed by atoms with E-state index in [0.717, 1.165) is 30.5 Å². The summed E-state index contributed by atoms with van der Waals surface area (Å²) in [5, 5.41) is 3.55. The van der Waals surface area contributed by atoms with Crippen molar-refractivity contribution in [1.82, 2.24) is 0 Å². The van der Waals surface area contributed by atoms with Gasteiger partial charge in [-0.05, 0) is 37.0 Å². The average Bonchev–Trinajstić information content (AvgIpc) is 2.39. The minimum atomic E-state index is -0.112. The SMILES string of the molecule is CCC1=CCCC(Cl)=C1C(=O)Nc1ccccc1. The number of halogens is 1. The second kappa shape index (κ2) is 5.87. The van der Waals surface area contributed by atoms with Gasteiger partial charge in [-0.3, -0.25) is 4.79 Å². The summed E-state index contributed by atoms with van der Waals surface area (Å²) < 4.78 is 0.